The van der Waals surface area contributed by atoms with E-state index in [9.17, 15) is 14.4 Å². The topological polar surface area (TPSA) is 72.9 Å². The second kappa shape index (κ2) is 5.40. The largest absolute Gasteiger partial charge is 0.471 e. The normalized spacial score (nSPS) is 19.7. The second-order valence-electron chi connectivity index (χ2n) is 4.74. The van der Waals surface area contributed by atoms with Crippen LogP contribution in [0.2, 0.25) is 0 Å². The standard InChI is InChI=1S/C15H13NO5/c17-7-6-11-14(16-12(18)8-13(16)21-11)15(19)20-9-10-4-2-1-3-5-10/h1-5,7,13H,6,8-9H2/t13-/m1/s1. The molecule has 2 aliphatic rings. The zero-order valence-electron chi connectivity index (χ0n) is 11.2. The van der Waals surface area contributed by atoms with E-state index < -0.39 is 12.2 Å². The first-order chi connectivity index (χ1) is 10.2. The van der Waals surface area contributed by atoms with E-state index in [2.05, 4.69) is 0 Å². The summed E-state index contributed by atoms with van der Waals surface area (Å²) in [6.07, 6.45) is 0.344. The lowest BCUT2D eigenvalue weighted by Gasteiger charge is -2.33. The number of amides is 1. The molecule has 1 aromatic rings. The van der Waals surface area contributed by atoms with Gasteiger partial charge < -0.3 is 14.3 Å². The monoisotopic (exact) mass is 287 g/mol. The van der Waals surface area contributed by atoms with Crippen molar-refractivity contribution in [3.8, 4) is 0 Å². The smallest absolute Gasteiger partial charge is 0.359 e. The predicted octanol–water partition coefficient (Wildman–Crippen LogP) is 1.12. The highest BCUT2D eigenvalue weighted by Crippen LogP contribution is 2.37. The molecule has 6 nitrogen and oxygen atoms in total. The maximum absolute atomic E-state index is 12.2. The molecule has 0 unspecified atom stereocenters. The highest BCUT2D eigenvalue weighted by Gasteiger charge is 2.49. The summed E-state index contributed by atoms with van der Waals surface area (Å²) in [5.41, 5.74) is 0.896. The van der Waals surface area contributed by atoms with Gasteiger partial charge in [-0.3, -0.25) is 9.69 Å². The molecule has 0 aliphatic carbocycles. The van der Waals surface area contributed by atoms with Gasteiger partial charge in [0.05, 0.1) is 12.8 Å². The number of β-lactam (4-membered cyclic amide) rings is 1. The Balaban J connectivity index is 1.73. The van der Waals surface area contributed by atoms with Crippen molar-refractivity contribution in [2.45, 2.75) is 25.7 Å². The molecule has 0 spiro atoms. The van der Waals surface area contributed by atoms with E-state index >= 15 is 0 Å². The molecule has 0 bridgehead atoms. The van der Waals surface area contributed by atoms with Gasteiger partial charge in [-0.05, 0) is 5.56 Å². The zero-order chi connectivity index (χ0) is 14.8. The molecule has 1 atom stereocenters. The minimum atomic E-state index is -0.647. The lowest BCUT2D eigenvalue weighted by atomic mass is 10.1. The van der Waals surface area contributed by atoms with Crippen LogP contribution in [0, 0.1) is 0 Å². The number of benzene rings is 1. The number of hydrogen-bond donors (Lipinski definition) is 0. The SMILES string of the molecule is O=CCC1=C(C(=O)OCc2ccccc2)N2C(=O)C[C@H]2O1. The van der Waals surface area contributed by atoms with Crippen LogP contribution in [0.1, 0.15) is 18.4 Å². The number of rotatable bonds is 5. The third kappa shape index (κ3) is 2.40. The molecule has 0 radical (unpaired) electrons. The van der Waals surface area contributed by atoms with Crippen LogP contribution in [0.25, 0.3) is 0 Å². The fourth-order valence-electron chi connectivity index (χ4n) is 2.33. The fraction of sp³-hybridized carbons (Fsp3) is 0.267. The average Bonchev–Trinajstić information content (AvgIpc) is 2.79. The van der Waals surface area contributed by atoms with Crippen molar-refractivity contribution in [2.24, 2.45) is 0 Å². The summed E-state index contributed by atoms with van der Waals surface area (Å²) in [5.74, 6) is -0.641. The van der Waals surface area contributed by atoms with Crippen LogP contribution in [-0.4, -0.2) is 29.3 Å². The summed E-state index contributed by atoms with van der Waals surface area (Å²) in [6, 6.07) is 9.21. The van der Waals surface area contributed by atoms with Crippen LogP contribution < -0.4 is 0 Å². The molecule has 0 N–H and O–H groups in total. The Labute approximate surface area is 120 Å². The minimum absolute atomic E-state index is 0.0456. The van der Waals surface area contributed by atoms with Gasteiger partial charge in [-0.1, -0.05) is 30.3 Å². The number of carbonyl (C=O) groups excluding carboxylic acids is 3. The molecule has 3 rings (SSSR count). The third-order valence-corrected chi connectivity index (χ3v) is 3.36. The number of hydrogen-bond acceptors (Lipinski definition) is 5. The lowest BCUT2D eigenvalue weighted by Crippen LogP contribution is -2.50. The second-order valence-corrected chi connectivity index (χ2v) is 4.74. The Morgan fingerprint density at radius 3 is 2.81 bits per heavy atom. The maximum Gasteiger partial charge on any atom is 0.359 e. The molecule has 2 heterocycles. The van der Waals surface area contributed by atoms with Gasteiger partial charge in [0, 0.05) is 0 Å². The highest BCUT2D eigenvalue weighted by atomic mass is 16.6. The van der Waals surface area contributed by atoms with Crippen LogP contribution >= 0.6 is 0 Å². The van der Waals surface area contributed by atoms with E-state index in [0.29, 0.717) is 6.29 Å². The summed E-state index contributed by atoms with van der Waals surface area (Å²) in [4.78, 5) is 35.6. The summed E-state index contributed by atoms with van der Waals surface area (Å²) in [6.45, 7) is 0.101. The van der Waals surface area contributed by atoms with Crippen LogP contribution in [0.3, 0.4) is 0 Å². The van der Waals surface area contributed by atoms with Crippen molar-refractivity contribution >= 4 is 18.2 Å². The van der Waals surface area contributed by atoms with Crippen molar-refractivity contribution in [1.29, 1.82) is 0 Å². The van der Waals surface area contributed by atoms with E-state index in [-0.39, 0.29) is 36.8 Å². The Hall–Kier alpha value is -2.63. The summed E-state index contributed by atoms with van der Waals surface area (Å²) in [5, 5.41) is 0. The van der Waals surface area contributed by atoms with Gasteiger partial charge in [-0.25, -0.2) is 4.79 Å². The minimum Gasteiger partial charge on any atom is -0.471 e. The van der Waals surface area contributed by atoms with Crippen LogP contribution in [-0.2, 0) is 30.5 Å². The van der Waals surface area contributed by atoms with Gasteiger partial charge >= 0.3 is 5.97 Å². The number of fused-ring (bicyclic) bond motifs is 1. The number of carbonyl (C=O) groups is 3. The van der Waals surface area contributed by atoms with Crippen molar-refractivity contribution in [2.75, 3.05) is 0 Å². The average molecular weight is 287 g/mol. The van der Waals surface area contributed by atoms with Crippen LogP contribution in [0.4, 0.5) is 0 Å². The quantitative estimate of drug-likeness (QED) is 0.461. The molecule has 2 aliphatic heterocycles. The van der Waals surface area contributed by atoms with E-state index in [1.165, 1.54) is 4.90 Å². The van der Waals surface area contributed by atoms with Gasteiger partial charge in [0.2, 0.25) is 5.91 Å². The first-order valence-corrected chi connectivity index (χ1v) is 6.57. The zero-order valence-corrected chi connectivity index (χ0v) is 11.2. The first kappa shape index (κ1) is 13.4. The van der Waals surface area contributed by atoms with Gasteiger partial charge in [-0.15, -0.1) is 0 Å². The van der Waals surface area contributed by atoms with Crippen molar-refractivity contribution < 1.29 is 23.9 Å². The van der Waals surface area contributed by atoms with Gasteiger partial charge in [-0.2, -0.15) is 0 Å². The van der Waals surface area contributed by atoms with E-state index in [0.717, 1.165) is 5.56 Å². The molecule has 1 amide bonds. The molecular formula is C15H13NO5. The molecular weight excluding hydrogens is 274 g/mol. The van der Waals surface area contributed by atoms with Crippen LogP contribution in [0.5, 0.6) is 0 Å². The summed E-state index contributed by atoms with van der Waals surface area (Å²) in [7, 11) is 0. The number of aldehydes is 1. The first-order valence-electron chi connectivity index (χ1n) is 6.57. The molecule has 0 aromatic heterocycles. The molecule has 21 heavy (non-hydrogen) atoms. The lowest BCUT2D eigenvalue weighted by molar-refractivity contribution is -0.159. The maximum atomic E-state index is 12.2. The Morgan fingerprint density at radius 2 is 2.14 bits per heavy atom. The molecule has 1 saturated heterocycles. The number of ether oxygens (including phenoxy) is 2. The molecule has 1 fully saturated rings. The van der Waals surface area contributed by atoms with Crippen molar-refractivity contribution in [3.05, 3.63) is 47.4 Å². The van der Waals surface area contributed by atoms with Crippen LogP contribution in [0.15, 0.2) is 41.8 Å². The third-order valence-electron chi connectivity index (χ3n) is 3.36. The Morgan fingerprint density at radius 1 is 1.38 bits per heavy atom. The van der Waals surface area contributed by atoms with Gasteiger partial charge in [0.25, 0.3) is 0 Å². The van der Waals surface area contributed by atoms with E-state index in [1.54, 1.807) is 0 Å². The summed E-state index contributed by atoms with van der Waals surface area (Å²) >= 11 is 0. The Bertz CT molecular complexity index is 622. The van der Waals surface area contributed by atoms with Crippen molar-refractivity contribution in [1.82, 2.24) is 4.90 Å². The highest BCUT2D eigenvalue weighted by molar-refractivity contribution is 5.98. The number of esters is 1. The number of nitrogens with zero attached hydrogens (tertiary/aromatic N) is 1. The molecule has 6 heteroatoms. The molecule has 108 valence electrons. The van der Waals surface area contributed by atoms with E-state index in [4.69, 9.17) is 9.47 Å². The Kier molecular flexibility index (Phi) is 3.43. The van der Waals surface area contributed by atoms with Gasteiger partial charge in [0.15, 0.2) is 11.9 Å². The summed E-state index contributed by atoms with van der Waals surface area (Å²) < 4.78 is 10.6. The predicted molar refractivity (Wildman–Crippen MR) is 70.3 cm³/mol. The number of allylic oxidation sites excluding steroid dienone is 1. The van der Waals surface area contributed by atoms with Gasteiger partial charge in [0.1, 0.15) is 18.7 Å². The molecule has 0 saturated carbocycles. The molecule has 1 aromatic carbocycles. The van der Waals surface area contributed by atoms with Crippen molar-refractivity contribution in [3.63, 3.8) is 0 Å². The fourth-order valence-corrected chi connectivity index (χ4v) is 2.33. The van der Waals surface area contributed by atoms with E-state index in [1.807, 2.05) is 30.3 Å².